The molecule has 0 fully saturated rings. The summed E-state index contributed by atoms with van der Waals surface area (Å²) in [4.78, 5) is 0. The summed E-state index contributed by atoms with van der Waals surface area (Å²) in [5.41, 5.74) is 8.72. The van der Waals surface area contributed by atoms with Gasteiger partial charge in [0.15, 0.2) is 0 Å². The van der Waals surface area contributed by atoms with Gasteiger partial charge in [0, 0.05) is 11.6 Å². The molecule has 2 nitrogen and oxygen atoms in total. The monoisotopic (exact) mass is 247 g/mol. The first kappa shape index (κ1) is 12.0. The Balaban J connectivity index is 2.35. The van der Waals surface area contributed by atoms with E-state index < -0.39 is 0 Å². The molecule has 2 aromatic carbocycles. The molecule has 0 saturated heterocycles. The van der Waals surface area contributed by atoms with Gasteiger partial charge < -0.3 is 10.5 Å². The molecular weight excluding hydrogens is 234 g/mol. The van der Waals surface area contributed by atoms with Gasteiger partial charge >= 0.3 is 0 Å². The summed E-state index contributed by atoms with van der Waals surface area (Å²) in [7, 11) is 1.65. The Kier molecular flexibility index (Phi) is 3.67. The molecule has 17 heavy (non-hydrogen) atoms. The van der Waals surface area contributed by atoms with Crippen molar-refractivity contribution in [3.8, 4) is 16.9 Å². The average Bonchev–Trinajstić information content (AvgIpc) is 2.39. The Morgan fingerprint density at radius 3 is 2.24 bits per heavy atom. The first-order valence-corrected chi connectivity index (χ1v) is 5.75. The highest BCUT2D eigenvalue weighted by atomic mass is 35.5. The highest BCUT2D eigenvalue weighted by Crippen LogP contribution is 2.26. The predicted molar refractivity (Wildman–Crippen MR) is 71.3 cm³/mol. The summed E-state index contributed by atoms with van der Waals surface area (Å²) in [6.07, 6.45) is 0. The molecule has 0 unspecified atom stereocenters. The Morgan fingerprint density at radius 1 is 1.06 bits per heavy atom. The fraction of sp³-hybridized carbons (Fsp3) is 0.143. The number of hydrogen-bond donors (Lipinski definition) is 1. The van der Waals surface area contributed by atoms with Crippen LogP contribution in [0.4, 0.5) is 0 Å². The van der Waals surface area contributed by atoms with Crippen molar-refractivity contribution >= 4 is 11.6 Å². The van der Waals surface area contributed by atoms with Crippen LogP contribution in [0.1, 0.15) is 5.56 Å². The SMILES string of the molecule is COc1ccc(-c2ccc(CN)c(Cl)c2)cc1. The molecule has 2 rings (SSSR count). The summed E-state index contributed by atoms with van der Waals surface area (Å²) in [6.45, 7) is 0.460. The number of halogens is 1. The molecular formula is C14H14ClNO. The third-order valence-corrected chi connectivity index (χ3v) is 3.05. The number of nitrogens with two attached hydrogens (primary N) is 1. The lowest BCUT2D eigenvalue weighted by atomic mass is 10.0. The van der Waals surface area contributed by atoms with Crippen molar-refractivity contribution < 1.29 is 4.74 Å². The quantitative estimate of drug-likeness (QED) is 0.901. The molecule has 0 radical (unpaired) electrons. The lowest BCUT2D eigenvalue weighted by molar-refractivity contribution is 0.415. The summed E-state index contributed by atoms with van der Waals surface area (Å²) >= 11 is 6.13. The number of rotatable bonds is 3. The van der Waals surface area contributed by atoms with Crippen molar-refractivity contribution in [2.45, 2.75) is 6.54 Å². The standard InChI is InChI=1S/C14H14ClNO/c1-17-13-6-4-10(5-7-13)11-2-3-12(9-16)14(15)8-11/h2-8H,9,16H2,1H3. The van der Waals surface area contributed by atoms with Crippen LogP contribution in [0.2, 0.25) is 5.02 Å². The first-order chi connectivity index (χ1) is 8.24. The van der Waals surface area contributed by atoms with Crippen LogP contribution < -0.4 is 10.5 Å². The van der Waals surface area contributed by atoms with E-state index in [-0.39, 0.29) is 0 Å². The Morgan fingerprint density at radius 2 is 1.71 bits per heavy atom. The van der Waals surface area contributed by atoms with Crippen molar-refractivity contribution in [3.63, 3.8) is 0 Å². The van der Waals surface area contributed by atoms with E-state index >= 15 is 0 Å². The van der Waals surface area contributed by atoms with Crippen LogP contribution in [0.15, 0.2) is 42.5 Å². The molecule has 2 aromatic rings. The van der Waals surface area contributed by atoms with E-state index in [1.165, 1.54) is 0 Å². The Labute approximate surface area is 106 Å². The minimum absolute atomic E-state index is 0.460. The minimum Gasteiger partial charge on any atom is -0.497 e. The van der Waals surface area contributed by atoms with Crippen molar-refractivity contribution in [2.24, 2.45) is 5.73 Å². The van der Waals surface area contributed by atoms with Crippen LogP contribution in [0.25, 0.3) is 11.1 Å². The summed E-state index contributed by atoms with van der Waals surface area (Å²) in [5, 5.41) is 0.709. The van der Waals surface area contributed by atoms with Gasteiger partial charge in [0.25, 0.3) is 0 Å². The number of benzene rings is 2. The zero-order valence-electron chi connectivity index (χ0n) is 9.61. The molecule has 3 heteroatoms. The Hall–Kier alpha value is -1.51. The molecule has 0 aromatic heterocycles. The van der Waals surface area contributed by atoms with E-state index in [1.807, 2.05) is 42.5 Å². The van der Waals surface area contributed by atoms with Gasteiger partial charge in [0.05, 0.1) is 7.11 Å². The third-order valence-electron chi connectivity index (χ3n) is 2.70. The van der Waals surface area contributed by atoms with Gasteiger partial charge in [-0.25, -0.2) is 0 Å². The van der Waals surface area contributed by atoms with E-state index in [1.54, 1.807) is 7.11 Å². The van der Waals surface area contributed by atoms with Crippen molar-refractivity contribution in [3.05, 3.63) is 53.1 Å². The molecule has 0 heterocycles. The first-order valence-electron chi connectivity index (χ1n) is 5.37. The zero-order chi connectivity index (χ0) is 12.3. The largest absolute Gasteiger partial charge is 0.497 e. The molecule has 0 saturated carbocycles. The highest BCUT2D eigenvalue weighted by molar-refractivity contribution is 6.31. The third kappa shape index (κ3) is 2.60. The lowest BCUT2D eigenvalue weighted by Crippen LogP contribution is -1.96. The summed E-state index contributed by atoms with van der Waals surface area (Å²) in [6, 6.07) is 13.8. The molecule has 0 aliphatic carbocycles. The van der Waals surface area contributed by atoms with E-state index in [4.69, 9.17) is 22.1 Å². The normalized spacial score (nSPS) is 10.3. The summed E-state index contributed by atoms with van der Waals surface area (Å²) in [5.74, 6) is 0.846. The van der Waals surface area contributed by atoms with Gasteiger partial charge in [-0.15, -0.1) is 0 Å². The average molecular weight is 248 g/mol. The van der Waals surface area contributed by atoms with Gasteiger partial charge in [0.1, 0.15) is 5.75 Å². The second-order valence-corrected chi connectivity index (χ2v) is 4.15. The zero-order valence-corrected chi connectivity index (χ0v) is 10.4. The van der Waals surface area contributed by atoms with Gasteiger partial charge in [-0.3, -0.25) is 0 Å². The molecule has 0 aliphatic rings. The molecule has 0 bridgehead atoms. The molecule has 0 atom stereocenters. The molecule has 0 aliphatic heterocycles. The van der Waals surface area contributed by atoms with Crippen molar-refractivity contribution in [2.75, 3.05) is 7.11 Å². The molecule has 0 amide bonds. The van der Waals surface area contributed by atoms with Crippen LogP contribution in [0.3, 0.4) is 0 Å². The number of hydrogen-bond acceptors (Lipinski definition) is 2. The van der Waals surface area contributed by atoms with E-state index in [2.05, 4.69) is 0 Å². The maximum absolute atomic E-state index is 6.13. The van der Waals surface area contributed by atoms with Crippen molar-refractivity contribution in [1.29, 1.82) is 0 Å². The predicted octanol–water partition coefficient (Wildman–Crippen LogP) is 3.47. The van der Waals surface area contributed by atoms with Crippen LogP contribution in [-0.4, -0.2) is 7.11 Å². The minimum atomic E-state index is 0.460. The maximum atomic E-state index is 6.13. The highest BCUT2D eigenvalue weighted by Gasteiger charge is 2.02. The second-order valence-electron chi connectivity index (χ2n) is 3.74. The topological polar surface area (TPSA) is 35.2 Å². The smallest absolute Gasteiger partial charge is 0.118 e. The van der Waals surface area contributed by atoms with Gasteiger partial charge in [0.2, 0.25) is 0 Å². The fourth-order valence-electron chi connectivity index (χ4n) is 1.68. The lowest BCUT2D eigenvalue weighted by Gasteiger charge is -2.06. The van der Waals surface area contributed by atoms with Gasteiger partial charge in [-0.05, 0) is 34.9 Å². The van der Waals surface area contributed by atoms with Crippen molar-refractivity contribution in [1.82, 2.24) is 0 Å². The number of ether oxygens (including phenoxy) is 1. The van der Waals surface area contributed by atoms with Crippen LogP contribution >= 0.6 is 11.6 Å². The van der Waals surface area contributed by atoms with Gasteiger partial charge in [-0.1, -0.05) is 35.9 Å². The molecule has 88 valence electrons. The second kappa shape index (κ2) is 5.21. The van der Waals surface area contributed by atoms with Crippen LogP contribution in [0.5, 0.6) is 5.75 Å². The maximum Gasteiger partial charge on any atom is 0.118 e. The van der Waals surface area contributed by atoms with Gasteiger partial charge in [-0.2, -0.15) is 0 Å². The van der Waals surface area contributed by atoms with Crippen LogP contribution in [0, 0.1) is 0 Å². The molecule has 0 spiro atoms. The fourth-order valence-corrected chi connectivity index (χ4v) is 1.93. The summed E-state index contributed by atoms with van der Waals surface area (Å²) < 4.78 is 5.12. The van der Waals surface area contributed by atoms with E-state index in [0.717, 1.165) is 22.4 Å². The van der Waals surface area contributed by atoms with E-state index in [0.29, 0.717) is 11.6 Å². The Bertz CT molecular complexity index is 508. The van der Waals surface area contributed by atoms with Crippen LogP contribution in [-0.2, 0) is 6.54 Å². The number of methoxy groups -OCH3 is 1. The molecule has 2 N–H and O–H groups in total. The van der Waals surface area contributed by atoms with E-state index in [9.17, 15) is 0 Å².